The summed E-state index contributed by atoms with van der Waals surface area (Å²) >= 11 is 0. The highest BCUT2D eigenvalue weighted by Crippen LogP contribution is 2.40. The summed E-state index contributed by atoms with van der Waals surface area (Å²) in [7, 11) is 2.35. The molecule has 0 saturated carbocycles. The van der Waals surface area contributed by atoms with Crippen molar-refractivity contribution in [3.63, 3.8) is 0 Å². The van der Waals surface area contributed by atoms with E-state index in [0.29, 0.717) is 5.69 Å². The molecule has 1 atom stereocenters. The van der Waals surface area contributed by atoms with Crippen molar-refractivity contribution >= 4 is 58.3 Å². The van der Waals surface area contributed by atoms with Gasteiger partial charge in [-0.15, -0.1) is 0 Å². The lowest BCUT2D eigenvalue weighted by Gasteiger charge is -2.17. The Morgan fingerprint density at radius 2 is 1.21 bits per heavy atom. The zero-order valence-corrected chi connectivity index (χ0v) is 30.4. The molecular weight excluding hydrogens is 756 g/mol. The van der Waals surface area contributed by atoms with Crippen LogP contribution in [0.1, 0.15) is 58.3 Å². The molecule has 19 nitrogen and oxygen atoms in total. The number of amides is 5. The number of carbonyl (C=O) groups excluding carboxylic acids is 5. The lowest BCUT2D eigenvalue weighted by molar-refractivity contribution is -0.117. The number of carbonyl (C=O) groups is 6. The summed E-state index contributed by atoms with van der Waals surface area (Å²) < 4.78 is 10.3. The number of carboxylic acid groups (broad SMARTS) is 1. The summed E-state index contributed by atoms with van der Waals surface area (Å²) in [6.07, 6.45) is 3.73. The van der Waals surface area contributed by atoms with E-state index in [1.165, 1.54) is 92.4 Å². The third-order valence-corrected chi connectivity index (χ3v) is 8.18. The van der Waals surface area contributed by atoms with Crippen molar-refractivity contribution in [1.29, 1.82) is 5.26 Å². The van der Waals surface area contributed by atoms with E-state index in [1.54, 1.807) is 0 Å². The van der Waals surface area contributed by atoms with Gasteiger partial charge in [0.05, 0.1) is 49.8 Å². The van der Waals surface area contributed by atoms with E-state index in [4.69, 9.17) is 9.47 Å². The van der Waals surface area contributed by atoms with Crippen molar-refractivity contribution in [3.8, 4) is 29.1 Å². The van der Waals surface area contributed by atoms with Gasteiger partial charge in [-0.2, -0.15) is 5.26 Å². The maximum Gasteiger partial charge on any atom is 0.339 e. The van der Waals surface area contributed by atoms with Crippen LogP contribution in [0.25, 0.3) is 0 Å². The van der Waals surface area contributed by atoms with E-state index in [-0.39, 0.29) is 57.4 Å². The summed E-state index contributed by atoms with van der Waals surface area (Å²) in [4.78, 5) is 83.7. The first-order valence-corrected chi connectivity index (χ1v) is 16.8. The highest BCUT2D eigenvalue weighted by atomic mass is 16.5. The van der Waals surface area contributed by atoms with Gasteiger partial charge in [0.15, 0.2) is 23.0 Å². The summed E-state index contributed by atoms with van der Waals surface area (Å²) in [5.74, 6) is -6.82. The topological polar surface area (TPSA) is 291 Å². The molecule has 58 heavy (non-hydrogen) atoms. The predicted octanol–water partition coefficient (Wildman–Crippen LogP) is 4.01. The number of methoxy groups -OCH3 is 2. The molecular formula is C39H32N8O11. The normalized spacial score (nSPS) is 10.8. The first kappa shape index (κ1) is 40.7. The van der Waals surface area contributed by atoms with Gasteiger partial charge in [-0.25, -0.2) is 9.78 Å². The number of carboxylic acids is 1. The molecule has 1 heterocycles. The third-order valence-electron chi connectivity index (χ3n) is 8.18. The minimum Gasteiger partial charge on any atom is -0.504 e. The second kappa shape index (κ2) is 18.2. The fourth-order valence-corrected chi connectivity index (χ4v) is 5.29. The van der Waals surface area contributed by atoms with Crippen molar-refractivity contribution in [2.45, 2.75) is 12.5 Å². The van der Waals surface area contributed by atoms with Crippen LogP contribution >= 0.6 is 0 Å². The SMILES string of the molecule is COc1c(NC(=O)c2ccc(NC(=O)c3ccc(NC(=O)[C@H](CC#N)NC(=O)c4ccc(NC(=O)c5cnccn5)cc4)cc3)c(OC)c2O)ccc(C(=O)O)c1O. The minimum absolute atomic E-state index is 0.0171. The number of aromatic hydroxyl groups is 2. The minimum atomic E-state index is -1.42. The average molecular weight is 789 g/mol. The lowest BCUT2D eigenvalue weighted by atomic mass is 10.1. The van der Waals surface area contributed by atoms with E-state index < -0.39 is 58.6 Å². The largest absolute Gasteiger partial charge is 0.504 e. The standard InChI is InChI=1S/C39H32N8O11/c1-57-32-26(13-11-24(30(32)48)36(52)46-27-14-12-25(39(55)56)31(49)33(27)58-2)45-34(50)20-3-7-22(8-4-20)43-37(53)28(15-16-40)47-35(51)21-5-9-23(10-6-21)44-38(54)29-19-41-17-18-42-29/h3-14,17-19,28,48-49H,15H2,1-2H3,(H,43,53)(H,44,54)(H,45,50)(H,46,52)(H,47,51)(H,55,56)/t28-/m0/s1. The monoisotopic (exact) mass is 788 g/mol. The van der Waals surface area contributed by atoms with E-state index in [0.717, 1.165) is 13.2 Å². The molecule has 0 radical (unpaired) electrons. The van der Waals surface area contributed by atoms with Gasteiger partial charge in [-0.1, -0.05) is 0 Å². The lowest BCUT2D eigenvalue weighted by Crippen LogP contribution is -2.43. The van der Waals surface area contributed by atoms with E-state index >= 15 is 0 Å². The Kier molecular flexibility index (Phi) is 12.8. The van der Waals surface area contributed by atoms with Crippen LogP contribution in [0, 0.1) is 11.3 Å². The number of ether oxygens (including phenoxy) is 2. The van der Waals surface area contributed by atoms with Crippen molar-refractivity contribution in [2.24, 2.45) is 0 Å². The van der Waals surface area contributed by atoms with E-state index in [9.17, 15) is 49.3 Å². The molecule has 4 aromatic carbocycles. The van der Waals surface area contributed by atoms with Crippen molar-refractivity contribution < 1.29 is 53.6 Å². The van der Waals surface area contributed by atoms with Crippen LogP contribution in [0.3, 0.4) is 0 Å². The number of aromatic nitrogens is 2. The molecule has 1 aromatic heterocycles. The van der Waals surface area contributed by atoms with Crippen molar-refractivity contribution in [1.82, 2.24) is 15.3 Å². The number of anilines is 4. The third kappa shape index (κ3) is 9.39. The Hall–Kier alpha value is -8.53. The van der Waals surface area contributed by atoms with E-state index in [1.807, 2.05) is 6.07 Å². The number of nitrogens with one attached hydrogen (secondary N) is 5. The molecule has 5 rings (SSSR count). The van der Waals surface area contributed by atoms with Crippen molar-refractivity contribution in [3.05, 3.63) is 119 Å². The first-order valence-electron chi connectivity index (χ1n) is 16.8. The van der Waals surface area contributed by atoms with Gasteiger partial charge in [-0.05, 0) is 72.8 Å². The summed E-state index contributed by atoms with van der Waals surface area (Å²) in [6.45, 7) is 0. The number of phenols is 2. The second-order valence-electron chi connectivity index (χ2n) is 11.9. The summed E-state index contributed by atoms with van der Waals surface area (Å²) in [5.41, 5.74) is 0.0840. The smallest absolute Gasteiger partial charge is 0.339 e. The van der Waals surface area contributed by atoms with E-state index in [2.05, 4.69) is 36.6 Å². The predicted molar refractivity (Wildman–Crippen MR) is 205 cm³/mol. The van der Waals surface area contributed by atoms with Gasteiger partial charge in [0.25, 0.3) is 23.6 Å². The maximum absolute atomic E-state index is 13.1. The average Bonchev–Trinajstić information content (AvgIpc) is 3.21. The molecule has 294 valence electrons. The molecule has 8 N–H and O–H groups in total. The number of hydrogen-bond acceptors (Lipinski definition) is 13. The van der Waals surface area contributed by atoms with Gasteiger partial charge in [0, 0.05) is 34.9 Å². The molecule has 19 heteroatoms. The fourth-order valence-electron chi connectivity index (χ4n) is 5.29. The van der Waals surface area contributed by atoms with Gasteiger partial charge in [0.2, 0.25) is 5.91 Å². The Labute approximate surface area is 328 Å². The van der Waals surface area contributed by atoms with Crippen LogP contribution in [0.2, 0.25) is 0 Å². The molecule has 0 fully saturated rings. The van der Waals surface area contributed by atoms with Crippen LogP contribution in [0.4, 0.5) is 22.7 Å². The molecule has 0 aliphatic carbocycles. The number of nitriles is 1. The summed E-state index contributed by atoms with van der Waals surface area (Å²) in [6, 6.07) is 16.7. The molecule has 0 aliphatic rings. The van der Waals surface area contributed by atoms with Crippen LogP contribution in [0.15, 0.2) is 91.4 Å². The van der Waals surface area contributed by atoms with Crippen LogP contribution in [-0.4, -0.2) is 81.1 Å². The van der Waals surface area contributed by atoms with Crippen LogP contribution < -0.4 is 36.1 Å². The van der Waals surface area contributed by atoms with Gasteiger partial charge in [0.1, 0.15) is 17.3 Å². The zero-order chi connectivity index (χ0) is 41.9. The number of nitrogens with zero attached hydrogens (tertiary/aromatic N) is 3. The molecule has 0 bridgehead atoms. The zero-order valence-electron chi connectivity index (χ0n) is 30.4. The fraction of sp³-hybridized carbons (Fsp3) is 0.103. The Bertz CT molecular complexity index is 2440. The van der Waals surface area contributed by atoms with Crippen LogP contribution in [0.5, 0.6) is 23.0 Å². The van der Waals surface area contributed by atoms with Crippen molar-refractivity contribution in [2.75, 3.05) is 35.5 Å². The number of phenolic OH excluding ortho intramolecular Hbond substituents is 1. The highest BCUT2D eigenvalue weighted by molar-refractivity contribution is 6.10. The molecule has 0 spiro atoms. The van der Waals surface area contributed by atoms with Gasteiger partial charge >= 0.3 is 5.97 Å². The van der Waals surface area contributed by atoms with Crippen LogP contribution in [-0.2, 0) is 4.79 Å². The molecule has 0 unspecified atom stereocenters. The highest BCUT2D eigenvalue weighted by Gasteiger charge is 2.25. The number of rotatable bonds is 14. The molecule has 0 aliphatic heterocycles. The second-order valence-corrected chi connectivity index (χ2v) is 11.9. The Morgan fingerprint density at radius 3 is 1.74 bits per heavy atom. The number of benzene rings is 4. The molecule has 5 aromatic rings. The number of aromatic carboxylic acids is 1. The quantitative estimate of drug-likeness (QED) is 0.0789. The Morgan fingerprint density at radius 1 is 0.672 bits per heavy atom. The van der Waals surface area contributed by atoms with Gasteiger partial charge in [-0.3, -0.25) is 29.0 Å². The number of hydrogen-bond donors (Lipinski definition) is 8. The molecule has 5 amide bonds. The maximum atomic E-state index is 13.1. The first-order chi connectivity index (χ1) is 27.8. The Balaban J connectivity index is 1.20. The summed E-state index contributed by atoms with van der Waals surface area (Å²) in [5, 5.41) is 52.4. The van der Waals surface area contributed by atoms with Gasteiger partial charge < -0.3 is 51.4 Å². The molecule has 0 saturated heterocycles.